The van der Waals surface area contributed by atoms with E-state index >= 15 is 0 Å². The Labute approximate surface area is 181 Å². The molecule has 2 aromatic carbocycles. The van der Waals surface area contributed by atoms with Crippen LogP contribution in [-0.2, 0) is 0 Å². The molecular formula is C23H28N2O6. The summed E-state index contributed by atoms with van der Waals surface area (Å²) in [7, 11) is 1.48. The number of amides is 2. The number of hydrazine groups is 1. The van der Waals surface area contributed by atoms with Crippen LogP contribution in [0.5, 0.6) is 23.0 Å². The summed E-state index contributed by atoms with van der Waals surface area (Å²) in [5.74, 6) is 1.04. The Morgan fingerprint density at radius 1 is 0.935 bits per heavy atom. The van der Waals surface area contributed by atoms with Crippen LogP contribution in [0.2, 0.25) is 0 Å². The molecule has 8 heteroatoms. The molecule has 3 rings (SSSR count). The molecule has 31 heavy (non-hydrogen) atoms. The molecule has 0 bridgehead atoms. The van der Waals surface area contributed by atoms with Gasteiger partial charge in [0.2, 0.25) is 5.75 Å². The highest BCUT2D eigenvalue weighted by atomic mass is 16.6. The third-order valence-corrected chi connectivity index (χ3v) is 4.76. The lowest BCUT2D eigenvalue weighted by Gasteiger charge is -2.21. The van der Waals surface area contributed by atoms with Gasteiger partial charge in [0.05, 0.1) is 13.7 Å². The number of nitrogens with one attached hydrogen (secondary N) is 2. The molecule has 8 nitrogen and oxygen atoms in total. The maximum Gasteiger partial charge on any atom is 0.269 e. The maximum absolute atomic E-state index is 12.5. The number of hydrogen-bond donors (Lipinski definition) is 2. The standard InChI is InChI=1S/C23H28N2O6/c1-3-4-5-6-11-29-18-9-7-16(8-10-18)22(26)24-25-23(27)17-14-19(28-2)21-20(15-17)30-12-13-31-21/h7-10,14-15H,3-6,11-13H2,1-2H3,(H,24,26)(H,25,27). The number of methoxy groups -OCH3 is 1. The van der Waals surface area contributed by atoms with Gasteiger partial charge in [0.25, 0.3) is 11.8 Å². The second-order valence-corrected chi connectivity index (χ2v) is 7.04. The predicted molar refractivity (Wildman–Crippen MR) is 115 cm³/mol. The number of hydrogen-bond acceptors (Lipinski definition) is 6. The van der Waals surface area contributed by atoms with Crippen molar-refractivity contribution in [2.45, 2.75) is 32.6 Å². The first-order chi connectivity index (χ1) is 15.1. The lowest BCUT2D eigenvalue weighted by molar-refractivity contribution is 0.0845. The summed E-state index contributed by atoms with van der Waals surface area (Å²) in [4.78, 5) is 24.8. The lowest BCUT2D eigenvalue weighted by Crippen LogP contribution is -2.41. The maximum atomic E-state index is 12.5. The van der Waals surface area contributed by atoms with E-state index in [9.17, 15) is 9.59 Å². The highest BCUT2D eigenvalue weighted by Gasteiger charge is 2.21. The Morgan fingerprint density at radius 3 is 2.35 bits per heavy atom. The summed E-state index contributed by atoms with van der Waals surface area (Å²) in [6, 6.07) is 9.85. The Morgan fingerprint density at radius 2 is 1.65 bits per heavy atom. The molecule has 0 saturated heterocycles. The van der Waals surface area contributed by atoms with Crippen molar-refractivity contribution in [3.05, 3.63) is 47.5 Å². The molecule has 1 aliphatic heterocycles. The third-order valence-electron chi connectivity index (χ3n) is 4.76. The van der Waals surface area contributed by atoms with Gasteiger partial charge in [0.15, 0.2) is 11.5 Å². The van der Waals surface area contributed by atoms with Crippen LogP contribution in [0.4, 0.5) is 0 Å². The summed E-state index contributed by atoms with van der Waals surface area (Å²) >= 11 is 0. The number of unbranched alkanes of at least 4 members (excludes halogenated alkanes) is 3. The van der Waals surface area contributed by atoms with Gasteiger partial charge in [-0.2, -0.15) is 0 Å². The largest absolute Gasteiger partial charge is 0.494 e. The van der Waals surface area contributed by atoms with E-state index in [1.165, 1.54) is 26.0 Å². The Bertz CT molecular complexity index is 880. The minimum atomic E-state index is -0.504. The zero-order valence-electron chi connectivity index (χ0n) is 17.9. The molecule has 0 saturated carbocycles. The van der Waals surface area contributed by atoms with Crippen molar-refractivity contribution in [2.24, 2.45) is 0 Å². The van der Waals surface area contributed by atoms with Crippen molar-refractivity contribution in [3.63, 3.8) is 0 Å². The van der Waals surface area contributed by atoms with Crippen LogP contribution < -0.4 is 29.8 Å². The number of fused-ring (bicyclic) bond motifs is 1. The van der Waals surface area contributed by atoms with Gasteiger partial charge in [-0.15, -0.1) is 0 Å². The van der Waals surface area contributed by atoms with Gasteiger partial charge in [-0.3, -0.25) is 20.4 Å². The SMILES string of the molecule is CCCCCCOc1ccc(C(=O)NNC(=O)c2cc(OC)c3c(c2)OCCO3)cc1. The summed E-state index contributed by atoms with van der Waals surface area (Å²) in [6.45, 7) is 3.62. The number of ether oxygens (including phenoxy) is 4. The first kappa shape index (κ1) is 22.3. The van der Waals surface area contributed by atoms with E-state index in [4.69, 9.17) is 18.9 Å². The molecule has 2 N–H and O–H groups in total. The van der Waals surface area contributed by atoms with Gasteiger partial charge >= 0.3 is 0 Å². The predicted octanol–water partition coefficient (Wildman–Crippen LogP) is 3.50. The fourth-order valence-electron chi connectivity index (χ4n) is 3.08. The van der Waals surface area contributed by atoms with Gasteiger partial charge in [-0.05, 0) is 42.8 Å². The summed E-state index contributed by atoms with van der Waals surface area (Å²) in [5, 5.41) is 0. The first-order valence-electron chi connectivity index (χ1n) is 10.4. The van der Waals surface area contributed by atoms with E-state index in [1.54, 1.807) is 30.3 Å². The molecule has 2 aromatic rings. The van der Waals surface area contributed by atoms with Gasteiger partial charge in [-0.1, -0.05) is 26.2 Å². The van der Waals surface area contributed by atoms with Crippen molar-refractivity contribution < 1.29 is 28.5 Å². The Hall–Kier alpha value is -3.42. The quantitative estimate of drug-likeness (QED) is 0.469. The van der Waals surface area contributed by atoms with Crippen LogP contribution >= 0.6 is 0 Å². The first-order valence-corrected chi connectivity index (χ1v) is 10.4. The molecule has 0 unspecified atom stereocenters. The van der Waals surface area contributed by atoms with Crippen LogP contribution in [0.15, 0.2) is 36.4 Å². The zero-order valence-corrected chi connectivity index (χ0v) is 17.9. The smallest absolute Gasteiger partial charge is 0.269 e. The van der Waals surface area contributed by atoms with E-state index in [1.807, 2.05) is 0 Å². The molecule has 166 valence electrons. The van der Waals surface area contributed by atoms with Crippen LogP contribution in [-0.4, -0.2) is 38.7 Å². The number of carbonyl (C=O) groups excluding carboxylic acids is 2. The monoisotopic (exact) mass is 428 g/mol. The average Bonchev–Trinajstić information content (AvgIpc) is 2.81. The highest BCUT2D eigenvalue weighted by Crippen LogP contribution is 2.40. The minimum Gasteiger partial charge on any atom is -0.494 e. The summed E-state index contributed by atoms with van der Waals surface area (Å²) in [5.41, 5.74) is 5.48. The van der Waals surface area contributed by atoms with E-state index in [0.29, 0.717) is 48.4 Å². The van der Waals surface area contributed by atoms with E-state index in [2.05, 4.69) is 17.8 Å². The summed E-state index contributed by atoms with van der Waals surface area (Å²) in [6.07, 6.45) is 4.54. The minimum absolute atomic E-state index is 0.272. The fraction of sp³-hybridized carbons (Fsp3) is 0.391. The van der Waals surface area contributed by atoms with E-state index < -0.39 is 11.8 Å². The van der Waals surface area contributed by atoms with E-state index in [0.717, 1.165) is 12.8 Å². The van der Waals surface area contributed by atoms with Crippen molar-refractivity contribution in [1.29, 1.82) is 0 Å². The van der Waals surface area contributed by atoms with Crippen LogP contribution in [0.1, 0.15) is 53.3 Å². The molecule has 2 amide bonds. The van der Waals surface area contributed by atoms with Crippen LogP contribution in [0.3, 0.4) is 0 Å². The second kappa shape index (κ2) is 11.1. The molecule has 0 atom stereocenters. The van der Waals surface area contributed by atoms with Crippen LogP contribution in [0, 0.1) is 0 Å². The average molecular weight is 428 g/mol. The molecule has 1 heterocycles. The number of carbonyl (C=O) groups is 2. The van der Waals surface area contributed by atoms with Crippen molar-refractivity contribution in [1.82, 2.24) is 10.9 Å². The van der Waals surface area contributed by atoms with Gasteiger partial charge in [0, 0.05) is 11.1 Å². The highest BCUT2D eigenvalue weighted by molar-refractivity contribution is 5.99. The van der Waals surface area contributed by atoms with Crippen molar-refractivity contribution in [2.75, 3.05) is 26.9 Å². The topological polar surface area (TPSA) is 95.1 Å². The fourth-order valence-corrected chi connectivity index (χ4v) is 3.08. The molecule has 0 aliphatic carbocycles. The lowest BCUT2D eigenvalue weighted by atomic mass is 10.1. The van der Waals surface area contributed by atoms with Crippen molar-refractivity contribution >= 4 is 11.8 Å². The van der Waals surface area contributed by atoms with E-state index in [-0.39, 0.29) is 5.56 Å². The van der Waals surface area contributed by atoms with Gasteiger partial charge in [0.1, 0.15) is 19.0 Å². The van der Waals surface area contributed by atoms with Crippen molar-refractivity contribution in [3.8, 4) is 23.0 Å². The number of benzene rings is 2. The number of rotatable bonds is 9. The molecule has 0 aromatic heterocycles. The Kier molecular flexibility index (Phi) is 7.98. The van der Waals surface area contributed by atoms with Crippen LogP contribution in [0.25, 0.3) is 0 Å². The van der Waals surface area contributed by atoms with Gasteiger partial charge < -0.3 is 18.9 Å². The van der Waals surface area contributed by atoms with Gasteiger partial charge in [-0.25, -0.2) is 0 Å². The summed E-state index contributed by atoms with van der Waals surface area (Å²) < 4.78 is 22.0. The second-order valence-electron chi connectivity index (χ2n) is 7.04. The molecule has 0 fully saturated rings. The Balaban J connectivity index is 1.53. The molecule has 0 radical (unpaired) electrons. The normalized spacial score (nSPS) is 12.1. The third kappa shape index (κ3) is 6.04. The molecular weight excluding hydrogens is 400 g/mol. The molecule has 1 aliphatic rings. The zero-order chi connectivity index (χ0) is 22.1. The molecule has 0 spiro atoms.